The molecule has 0 saturated carbocycles. The summed E-state index contributed by atoms with van der Waals surface area (Å²) in [6, 6.07) is 3.39. The van der Waals surface area contributed by atoms with Crippen molar-refractivity contribution in [3.63, 3.8) is 0 Å². The Morgan fingerprint density at radius 2 is 2.20 bits per heavy atom. The van der Waals surface area contributed by atoms with Gasteiger partial charge in [-0.05, 0) is 32.1 Å². The van der Waals surface area contributed by atoms with E-state index in [4.69, 9.17) is 5.11 Å². The van der Waals surface area contributed by atoms with Crippen molar-refractivity contribution in [1.29, 1.82) is 0 Å². The highest BCUT2D eigenvalue weighted by Gasteiger charge is 2.03. The largest absolute Gasteiger partial charge is 0.478 e. The van der Waals surface area contributed by atoms with Gasteiger partial charge >= 0.3 is 5.97 Å². The Bertz CT molecular complexity index is 443. The van der Waals surface area contributed by atoms with Gasteiger partial charge in [0.1, 0.15) is 0 Å². The van der Waals surface area contributed by atoms with Crippen LogP contribution < -0.4 is 5.56 Å². The Morgan fingerprint density at radius 1 is 1.53 bits per heavy atom. The van der Waals surface area contributed by atoms with Gasteiger partial charge in [-0.15, -0.1) is 0 Å². The van der Waals surface area contributed by atoms with E-state index in [-0.39, 0.29) is 11.6 Å². The minimum atomic E-state index is -1.06. The molecule has 0 aliphatic heterocycles. The summed E-state index contributed by atoms with van der Waals surface area (Å²) in [4.78, 5) is 22.0. The van der Waals surface area contributed by atoms with Crippen LogP contribution in [0.3, 0.4) is 0 Å². The summed E-state index contributed by atoms with van der Waals surface area (Å²) in [5.74, 6) is -1.06. The Kier molecular flexibility index (Phi) is 3.44. The molecule has 1 aromatic heterocycles. The molecule has 1 heterocycles. The normalized spacial score (nSPS) is 11.1. The van der Waals surface area contributed by atoms with Gasteiger partial charge in [0.15, 0.2) is 0 Å². The molecule has 0 saturated heterocycles. The quantitative estimate of drug-likeness (QED) is 0.764. The van der Waals surface area contributed by atoms with Crippen LogP contribution in [0.4, 0.5) is 0 Å². The molecule has 0 aromatic carbocycles. The molecule has 0 aliphatic carbocycles. The zero-order chi connectivity index (χ0) is 11.4. The van der Waals surface area contributed by atoms with Gasteiger partial charge in [-0.25, -0.2) is 4.79 Å². The molecule has 0 aliphatic rings. The Balaban J connectivity index is 3.16. The fraction of sp³-hybridized carbons (Fsp3) is 0.273. The van der Waals surface area contributed by atoms with Crippen LogP contribution in [0.15, 0.2) is 29.2 Å². The molecular formula is C11H13NO3. The number of carboxylic acids is 1. The predicted molar refractivity (Wildman–Crippen MR) is 57.8 cm³/mol. The van der Waals surface area contributed by atoms with Gasteiger partial charge in [0, 0.05) is 23.9 Å². The molecule has 4 nitrogen and oxygen atoms in total. The first-order valence-corrected chi connectivity index (χ1v) is 4.64. The van der Waals surface area contributed by atoms with Crippen molar-refractivity contribution >= 4 is 12.0 Å². The lowest BCUT2D eigenvalue weighted by Gasteiger charge is -2.09. The first-order chi connectivity index (χ1) is 7.02. The lowest BCUT2D eigenvalue weighted by atomic mass is 10.2. The highest BCUT2D eigenvalue weighted by Crippen LogP contribution is 2.02. The smallest absolute Gasteiger partial charge is 0.328 e. The first-order valence-electron chi connectivity index (χ1n) is 4.64. The number of aliphatic carboxylic acids is 1. The summed E-state index contributed by atoms with van der Waals surface area (Å²) in [5.41, 5.74) is 0.207. The van der Waals surface area contributed by atoms with Crippen molar-refractivity contribution in [3.8, 4) is 0 Å². The molecular weight excluding hydrogens is 194 g/mol. The molecule has 0 unspecified atom stereocenters. The van der Waals surface area contributed by atoms with E-state index >= 15 is 0 Å². The van der Waals surface area contributed by atoms with E-state index in [2.05, 4.69) is 0 Å². The van der Waals surface area contributed by atoms with E-state index in [9.17, 15) is 9.59 Å². The maximum Gasteiger partial charge on any atom is 0.328 e. The molecule has 15 heavy (non-hydrogen) atoms. The van der Waals surface area contributed by atoms with Crippen LogP contribution in [0.25, 0.3) is 6.08 Å². The predicted octanol–water partition coefficient (Wildman–Crippen LogP) is 1.53. The molecule has 0 spiro atoms. The lowest BCUT2D eigenvalue weighted by molar-refractivity contribution is -0.131. The molecule has 4 heteroatoms. The number of carboxylic acid groups (broad SMARTS) is 1. The third-order valence-corrected chi connectivity index (χ3v) is 1.97. The lowest BCUT2D eigenvalue weighted by Crippen LogP contribution is -2.22. The third kappa shape index (κ3) is 2.80. The number of carbonyl (C=O) groups is 1. The molecule has 0 fully saturated rings. The van der Waals surface area contributed by atoms with E-state index in [1.54, 1.807) is 22.9 Å². The van der Waals surface area contributed by atoms with Crippen LogP contribution in [-0.4, -0.2) is 15.6 Å². The Hall–Kier alpha value is -1.84. The van der Waals surface area contributed by atoms with Gasteiger partial charge in [0.05, 0.1) is 0 Å². The van der Waals surface area contributed by atoms with Crippen LogP contribution in [0.1, 0.15) is 25.5 Å². The number of nitrogens with zero attached hydrogens (tertiary/aromatic N) is 1. The summed E-state index contributed by atoms with van der Waals surface area (Å²) < 4.78 is 1.56. The number of rotatable bonds is 3. The zero-order valence-electron chi connectivity index (χ0n) is 8.68. The molecule has 0 radical (unpaired) electrons. The van der Waals surface area contributed by atoms with Crippen LogP contribution in [0.2, 0.25) is 0 Å². The standard InChI is InChI=1S/C11H13NO3/c1-8(2)12-7-3-4-9(11(12)15)5-6-10(13)14/h3-8H,1-2H3,(H,13,14)/b6-5+. The van der Waals surface area contributed by atoms with Crippen molar-refractivity contribution in [2.45, 2.75) is 19.9 Å². The minimum absolute atomic E-state index is 0.0654. The van der Waals surface area contributed by atoms with E-state index in [1.807, 2.05) is 13.8 Å². The second-order valence-corrected chi connectivity index (χ2v) is 3.44. The Morgan fingerprint density at radius 3 is 2.73 bits per heavy atom. The molecule has 0 amide bonds. The van der Waals surface area contributed by atoms with Crippen molar-refractivity contribution < 1.29 is 9.90 Å². The third-order valence-electron chi connectivity index (χ3n) is 1.97. The summed E-state index contributed by atoms with van der Waals surface area (Å²) in [5, 5.41) is 8.45. The highest BCUT2D eigenvalue weighted by molar-refractivity contribution is 5.85. The van der Waals surface area contributed by atoms with Gasteiger partial charge in [-0.3, -0.25) is 4.79 Å². The van der Waals surface area contributed by atoms with E-state index in [0.29, 0.717) is 5.56 Å². The monoisotopic (exact) mass is 207 g/mol. The average Bonchev–Trinajstić information content (AvgIpc) is 2.15. The van der Waals surface area contributed by atoms with Crippen molar-refractivity contribution in [2.24, 2.45) is 0 Å². The topological polar surface area (TPSA) is 59.3 Å². The second kappa shape index (κ2) is 4.59. The van der Waals surface area contributed by atoms with E-state index < -0.39 is 5.97 Å². The zero-order valence-corrected chi connectivity index (χ0v) is 8.68. The minimum Gasteiger partial charge on any atom is -0.478 e. The molecule has 0 bridgehead atoms. The average molecular weight is 207 g/mol. The summed E-state index contributed by atoms with van der Waals surface area (Å²) >= 11 is 0. The Labute approximate surface area is 87.5 Å². The molecule has 80 valence electrons. The number of aromatic nitrogens is 1. The fourth-order valence-electron chi connectivity index (χ4n) is 1.22. The SMILES string of the molecule is CC(C)n1cccc(/C=C/C(=O)O)c1=O. The summed E-state index contributed by atoms with van der Waals surface area (Å²) in [6.07, 6.45) is 3.95. The molecule has 1 aromatic rings. The number of pyridine rings is 1. The second-order valence-electron chi connectivity index (χ2n) is 3.44. The van der Waals surface area contributed by atoms with Crippen LogP contribution in [0, 0.1) is 0 Å². The molecule has 1 rings (SSSR count). The van der Waals surface area contributed by atoms with E-state index in [1.165, 1.54) is 6.08 Å². The van der Waals surface area contributed by atoms with E-state index in [0.717, 1.165) is 6.08 Å². The van der Waals surface area contributed by atoms with Gasteiger partial charge < -0.3 is 9.67 Å². The van der Waals surface area contributed by atoms with Crippen molar-refractivity contribution in [1.82, 2.24) is 4.57 Å². The van der Waals surface area contributed by atoms with Crippen molar-refractivity contribution in [3.05, 3.63) is 40.3 Å². The number of hydrogen-bond acceptors (Lipinski definition) is 2. The maximum absolute atomic E-state index is 11.7. The van der Waals surface area contributed by atoms with Crippen LogP contribution in [-0.2, 0) is 4.79 Å². The summed E-state index contributed by atoms with van der Waals surface area (Å²) in [7, 11) is 0. The van der Waals surface area contributed by atoms with Gasteiger partial charge in [-0.1, -0.05) is 0 Å². The van der Waals surface area contributed by atoms with Crippen LogP contribution >= 0.6 is 0 Å². The number of hydrogen-bond donors (Lipinski definition) is 1. The first kappa shape index (κ1) is 11.2. The van der Waals surface area contributed by atoms with Gasteiger partial charge in [-0.2, -0.15) is 0 Å². The molecule has 1 N–H and O–H groups in total. The highest BCUT2D eigenvalue weighted by atomic mass is 16.4. The van der Waals surface area contributed by atoms with Gasteiger partial charge in [0.25, 0.3) is 5.56 Å². The van der Waals surface area contributed by atoms with Crippen LogP contribution in [0.5, 0.6) is 0 Å². The molecule has 0 atom stereocenters. The summed E-state index contributed by atoms with van der Waals surface area (Å²) in [6.45, 7) is 3.79. The fourth-order valence-corrected chi connectivity index (χ4v) is 1.22. The van der Waals surface area contributed by atoms with Gasteiger partial charge in [0.2, 0.25) is 0 Å². The van der Waals surface area contributed by atoms with Crippen molar-refractivity contribution in [2.75, 3.05) is 0 Å². The maximum atomic E-state index is 11.7.